The molecule has 3 aromatic carbocycles. The molecule has 5 aromatic rings. The van der Waals surface area contributed by atoms with E-state index in [-0.39, 0.29) is 4.90 Å². The zero-order valence-corrected chi connectivity index (χ0v) is 24.1. The summed E-state index contributed by atoms with van der Waals surface area (Å²) in [7, 11) is -2.07. The van der Waals surface area contributed by atoms with Crippen molar-refractivity contribution in [3.63, 3.8) is 0 Å². The van der Waals surface area contributed by atoms with Gasteiger partial charge in [0, 0.05) is 36.8 Å². The summed E-state index contributed by atoms with van der Waals surface area (Å²) in [5.74, 6) is 1.97. The summed E-state index contributed by atoms with van der Waals surface area (Å²) in [6.45, 7) is 0.842. The maximum atomic E-state index is 13.1. The van der Waals surface area contributed by atoms with E-state index in [2.05, 4.69) is 26.3 Å². The van der Waals surface area contributed by atoms with E-state index in [4.69, 9.17) is 21.3 Å². The zero-order chi connectivity index (χ0) is 27.4. The van der Waals surface area contributed by atoms with Crippen molar-refractivity contribution in [2.24, 2.45) is 0 Å². The number of sulfonamides is 1. The fourth-order valence-corrected chi connectivity index (χ4v) is 5.78. The summed E-state index contributed by atoms with van der Waals surface area (Å²) < 4.78 is 35.8. The summed E-state index contributed by atoms with van der Waals surface area (Å²) in [5.41, 5.74) is 2.16. The smallest absolute Gasteiger partial charge is 0.242 e. The van der Waals surface area contributed by atoms with E-state index in [0.29, 0.717) is 47.4 Å². The molecule has 1 N–H and O–H groups in total. The first-order chi connectivity index (χ1) is 18.8. The first kappa shape index (κ1) is 27.1. The molecule has 0 bridgehead atoms. The minimum atomic E-state index is -3.65. The first-order valence-electron chi connectivity index (χ1n) is 12.2. The minimum absolute atomic E-state index is 0.208. The van der Waals surface area contributed by atoms with Crippen LogP contribution in [0.5, 0.6) is 11.5 Å². The third kappa shape index (κ3) is 6.09. The Bertz CT molecular complexity index is 1700. The van der Waals surface area contributed by atoms with Crippen molar-refractivity contribution in [1.82, 2.24) is 18.9 Å². The van der Waals surface area contributed by atoms with E-state index < -0.39 is 10.0 Å². The van der Waals surface area contributed by atoms with Crippen LogP contribution in [0.25, 0.3) is 16.9 Å². The number of rotatable bonds is 10. The van der Waals surface area contributed by atoms with Crippen molar-refractivity contribution < 1.29 is 13.2 Å². The standard InChI is InChI=1S/C28H25BrClN5O3S/c1-34(39(36,37)22-14-12-21(13-15-22)38-20-8-3-2-4-9-20)17-7-16-31-27-18-26(23-10-5-6-11-25(23)30)33-28-24(29)19-32-35(27)28/h2-6,8-15,18-19,31H,7,16-17H2,1H3. The normalized spacial score (nSPS) is 11.7. The maximum Gasteiger partial charge on any atom is 0.242 e. The predicted octanol–water partition coefficient (Wildman–Crippen LogP) is 6.73. The second-order valence-electron chi connectivity index (χ2n) is 8.73. The van der Waals surface area contributed by atoms with Gasteiger partial charge in [-0.2, -0.15) is 9.61 Å². The molecular formula is C28H25BrClN5O3S. The Morgan fingerprint density at radius 1 is 1.00 bits per heavy atom. The average molecular weight is 627 g/mol. The van der Waals surface area contributed by atoms with Crippen LogP contribution in [0, 0.1) is 0 Å². The van der Waals surface area contributed by atoms with E-state index in [0.717, 1.165) is 15.9 Å². The molecule has 0 fully saturated rings. The summed E-state index contributed by atoms with van der Waals surface area (Å²) >= 11 is 9.92. The minimum Gasteiger partial charge on any atom is -0.457 e. The number of hydrogen-bond donors (Lipinski definition) is 1. The molecule has 0 amide bonds. The first-order valence-corrected chi connectivity index (χ1v) is 14.8. The molecule has 0 aliphatic carbocycles. The number of nitrogens with one attached hydrogen (secondary N) is 1. The van der Waals surface area contributed by atoms with Gasteiger partial charge in [0.25, 0.3) is 0 Å². The van der Waals surface area contributed by atoms with Gasteiger partial charge in [-0.3, -0.25) is 0 Å². The largest absolute Gasteiger partial charge is 0.457 e. The molecule has 8 nitrogen and oxygen atoms in total. The lowest BCUT2D eigenvalue weighted by Crippen LogP contribution is -2.29. The van der Waals surface area contributed by atoms with Crippen LogP contribution >= 0.6 is 27.5 Å². The van der Waals surface area contributed by atoms with E-state index >= 15 is 0 Å². The van der Waals surface area contributed by atoms with Crippen LogP contribution in [0.1, 0.15) is 6.42 Å². The van der Waals surface area contributed by atoms with Crippen LogP contribution in [0.3, 0.4) is 0 Å². The van der Waals surface area contributed by atoms with E-state index in [9.17, 15) is 8.42 Å². The number of benzene rings is 3. The number of aromatic nitrogens is 3. The molecule has 2 heterocycles. The van der Waals surface area contributed by atoms with Crippen molar-refractivity contribution in [2.45, 2.75) is 11.3 Å². The van der Waals surface area contributed by atoms with Gasteiger partial charge in [-0.05, 0) is 64.8 Å². The predicted molar refractivity (Wildman–Crippen MR) is 157 cm³/mol. The number of anilines is 1. The van der Waals surface area contributed by atoms with Gasteiger partial charge in [0.05, 0.1) is 21.3 Å². The van der Waals surface area contributed by atoms with Crippen LogP contribution in [0.15, 0.2) is 100 Å². The molecule has 0 unspecified atom stereocenters. The summed E-state index contributed by atoms with van der Waals surface area (Å²) in [4.78, 5) is 4.92. The molecule has 200 valence electrons. The van der Waals surface area contributed by atoms with Gasteiger partial charge >= 0.3 is 0 Å². The highest BCUT2D eigenvalue weighted by Gasteiger charge is 2.20. The number of halogens is 2. The molecule has 0 saturated heterocycles. The lowest BCUT2D eigenvalue weighted by atomic mass is 10.1. The highest BCUT2D eigenvalue weighted by atomic mass is 79.9. The van der Waals surface area contributed by atoms with Crippen molar-refractivity contribution >= 4 is 49.0 Å². The monoisotopic (exact) mass is 625 g/mol. The van der Waals surface area contributed by atoms with E-state index in [1.165, 1.54) is 4.31 Å². The molecule has 0 radical (unpaired) electrons. The Hall–Kier alpha value is -3.44. The Balaban J connectivity index is 1.23. The molecule has 0 aliphatic heterocycles. The van der Waals surface area contributed by atoms with E-state index in [1.807, 2.05) is 60.7 Å². The topological polar surface area (TPSA) is 88.8 Å². The third-order valence-electron chi connectivity index (χ3n) is 6.05. The summed E-state index contributed by atoms with van der Waals surface area (Å²) in [5, 5.41) is 8.36. The van der Waals surface area contributed by atoms with Crippen LogP contribution in [-0.2, 0) is 10.0 Å². The second kappa shape index (κ2) is 11.7. The van der Waals surface area contributed by atoms with Gasteiger partial charge in [-0.1, -0.05) is 48.0 Å². The van der Waals surface area contributed by atoms with Crippen molar-refractivity contribution in [2.75, 3.05) is 25.5 Å². The Morgan fingerprint density at radius 3 is 2.44 bits per heavy atom. The van der Waals surface area contributed by atoms with E-state index in [1.54, 1.807) is 42.0 Å². The maximum absolute atomic E-state index is 13.1. The molecule has 0 aliphatic rings. The number of para-hydroxylation sites is 1. The zero-order valence-electron chi connectivity index (χ0n) is 21.0. The van der Waals surface area contributed by atoms with Gasteiger partial charge in [0.2, 0.25) is 10.0 Å². The van der Waals surface area contributed by atoms with Crippen molar-refractivity contribution in [1.29, 1.82) is 0 Å². The van der Waals surface area contributed by atoms with Gasteiger partial charge in [0.15, 0.2) is 5.65 Å². The number of ether oxygens (including phenoxy) is 1. The van der Waals surface area contributed by atoms with Gasteiger partial charge < -0.3 is 10.1 Å². The molecule has 2 aromatic heterocycles. The average Bonchev–Trinajstić information content (AvgIpc) is 3.32. The molecule has 5 rings (SSSR count). The van der Waals surface area contributed by atoms with Crippen molar-refractivity contribution in [3.8, 4) is 22.8 Å². The molecule has 0 saturated carbocycles. The summed E-state index contributed by atoms with van der Waals surface area (Å²) in [6.07, 6.45) is 2.25. The Labute approximate surface area is 240 Å². The van der Waals surface area contributed by atoms with Crippen LogP contribution in [-0.4, -0.2) is 47.5 Å². The van der Waals surface area contributed by atoms with Crippen molar-refractivity contribution in [3.05, 3.63) is 101 Å². The number of hydrogen-bond acceptors (Lipinski definition) is 6. The SMILES string of the molecule is CN(CCCNc1cc(-c2ccccc2Cl)nc2c(Br)cnn12)S(=O)(=O)c1ccc(Oc2ccccc2)cc1. The fraction of sp³-hybridized carbons (Fsp3) is 0.143. The second-order valence-corrected chi connectivity index (χ2v) is 12.0. The Morgan fingerprint density at radius 2 is 1.69 bits per heavy atom. The highest BCUT2D eigenvalue weighted by Crippen LogP contribution is 2.30. The van der Waals surface area contributed by atoms with Gasteiger partial charge in [0.1, 0.15) is 17.3 Å². The lowest BCUT2D eigenvalue weighted by Gasteiger charge is -2.18. The molecular weight excluding hydrogens is 602 g/mol. The molecule has 0 spiro atoms. The van der Waals surface area contributed by atoms with Gasteiger partial charge in [-0.25, -0.2) is 17.7 Å². The fourth-order valence-electron chi connectivity index (χ4n) is 3.99. The quantitative estimate of drug-likeness (QED) is 0.173. The summed E-state index contributed by atoms with van der Waals surface area (Å²) in [6, 6.07) is 25.2. The molecule has 39 heavy (non-hydrogen) atoms. The number of nitrogens with zero attached hydrogens (tertiary/aromatic N) is 4. The van der Waals surface area contributed by atoms with Gasteiger partial charge in [-0.15, -0.1) is 0 Å². The lowest BCUT2D eigenvalue weighted by molar-refractivity contribution is 0.464. The Kier molecular flexibility index (Phi) is 8.18. The molecule has 0 atom stereocenters. The third-order valence-corrected chi connectivity index (χ3v) is 8.81. The van der Waals surface area contributed by atoms with Crippen LogP contribution in [0.4, 0.5) is 5.82 Å². The van der Waals surface area contributed by atoms with Crippen LogP contribution in [0.2, 0.25) is 5.02 Å². The number of fused-ring (bicyclic) bond motifs is 1. The van der Waals surface area contributed by atoms with Crippen LogP contribution < -0.4 is 10.1 Å². The molecule has 11 heteroatoms. The highest BCUT2D eigenvalue weighted by molar-refractivity contribution is 9.10.